The van der Waals surface area contributed by atoms with E-state index in [2.05, 4.69) is 154 Å². The van der Waals surface area contributed by atoms with Crippen molar-refractivity contribution < 1.29 is 75.8 Å². The topological polar surface area (TPSA) is 231 Å². The molecule has 0 heterocycles. The Kier molecular flexibility index (Phi) is 60.7. The number of carbonyl (C=O) groups is 3. The van der Waals surface area contributed by atoms with Crippen LogP contribution >= 0.6 is 15.6 Å². The largest absolute Gasteiger partial charge is 0.472 e. The number of aliphatic hydroxyl groups is 2. The van der Waals surface area contributed by atoms with Gasteiger partial charge in [0, 0.05) is 19.3 Å². The van der Waals surface area contributed by atoms with Crippen molar-refractivity contribution in [3.63, 3.8) is 0 Å². The Morgan fingerprint density at radius 2 is 0.596 bits per heavy atom. The van der Waals surface area contributed by atoms with Crippen molar-refractivity contribution in [1.82, 2.24) is 0 Å². The zero-order valence-electron chi connectivity index (χ0n) is 54.8. The van der Waals surface area contributed by atoms with Gasteiger partial charge in [-0.25, -0.2) is 9.13 Å². The first-order chi connectivity index (χ1) is 43.2. The summed E-state index contributed by atoms with van der Waals surface area (Å²) in [6.45, 7) is 2.31. The zero-order valence-corrected chi connectivity index (χ0v) is 56.6. The summed E-state index contributed by atoms with van der Waals surface area (Å²) in [5.74, 6) is -1.64. The lowest BCUT2D eigenvalue weighted by Crippen LogP contribution is -2.30. The van der Waals surface area contributed by atoms with Gasteiger partial charge in [-0.05, 0) is 128 Å². The summed E-state index contributed by atoms with van der Waals surface area (Å²) in [4.78, 5) is 58.3. The molecular weight excluding hydrogens is 1170 g/mol. The quantitative estimate of drug-likeness (QED) is 0.0146. The number of aliphatic hydroxyl groups excluding tert-OH is 2. The van der Waals surface area contributed by atoms with Crippen LogP contribution < -0.4 is 0 Å². The van der Waals surface area contributed by atoms with Gasteiger partial charge in [0.25, 0.3) is 0 Å². The molecule has 0 fully saturated rings. The summed E-state index contributed by atoms with van der Waals surface area (Å²) in [5, 5.41) is 20.5. The average Bonchev–Trinajstić information content (AvgIpc) is 3.54. The first-order valence-corrected chi connectivity index (χ1v) is 36.5. The fourth-order valence-electron chi connectivity index (χ4n) is 8.25. The minimum Gasteiger partial charge on any atom is -0.463 e. The van der Waals surface area contributed by atoms with E-state index in [1.165, 1.54) is 12.8 Å². The van der Waals surface area contributed by atoms with Gasteiger partial charge in [0.1, 0.15) is 25.4 Å². The van der Waals surface area contributed by atoms with Gasteiger partial charge in [-0.2, -0.15) is 0 Å². The number of allylic oxidation sites excluding steroid dienone is 22. The van der Waals surface area contributed by atoms with Gasteiger partial charge < -0.3 is 34.2 Å². The second-order valence-electron chi connectivity index (χ2n) is 21.9. The highest BCUT2D eigenvalue weighted by atomic mass is 31.2. The fraction of sp³-hybridized carbons (Fsp3) is 0.648. The highest BCUT2D eigenvalue weighted by Gasteiger charge is 2.29. The van der Waals surface area contributed by atoms with Crippen LogP contribution in [0.15, 0.2) is 134 Å². The van der Waals surface area contributed by atoms with E-state index in [9.17, 15) is 43.5 Å². The Morgan fingerprint density at radius 3 is 0.966 bits per heavy atom. The molecule has 0 aliphatic rings. The Hall–Kier alpha value is -4.31. The van der Waals surface area contributed by atoms with E-state index in [0.29, 0.717) is 19.3 Å². The van der Waals surface area contributed by atoms with Gasteiger partial charge in [0.15, 0.2) is 6.10 Å². The molecule has 16 nitrogen and oxygen atoms in total. The van der Waals surface area contributed by atoms with Crippen LogP contribution in [0.3, 0.4) is 0 Å². The Morgan fingerprint density at radius 1 is 0.326 bits per heavy atom. The van der Waals surface area contributed by atoms with Gasteiger partial charge in [-0.3, -0.25) is 32.5 Å². The van der Waals surface area contributed by atoms with Gasteiger partial charge in [-0.1, -0.05) is 225 Å². The lowest BCUT2D eigenvalue weighted by atomic mass is 10.1. The second kappa shape index (κ2) is 63.8. The predicted octanol–water partition coefficient (Wildman–Crippen LogP) is 18.4. The maximum atomic E-state index is 12.9. The molecule has 0 aromatic carbocycles. The van der Waals surface area contributed by atoms with Crippen LogP contribution in [0.4, 0.5) is 0 Å². The van der Waals surface area contributed by atoms with Crippen molar-refractivity contribution in [2.24, 2.45) is 0 Å². The predicted molar refractivity (Wildman–Crippen MR) is 362 cm³/mol. The minimum atomic E-state index is -4.93. The maximum Gasteiger partial charge on any atom is 0.472 e. The molecule has 0 amide bonds. The average molecular weight is 1290 g/mol. The van der Waals surface area contributed by atoms with Crippen LogP contribution in [-0.2, 0) is 55.8 Å². The summed E-state index contributed by atoms with van der Waals surface area (Å²) in [7, 11) is -9.79. The molecule has 0 bridgehead atoms. The van der Waals surface area contributed by atoms with Crippen molar-refractivity contribution in [2.45, 2.75) is 257 Å². The second-order valence-corrected chi connectivity index (χ2v) is 24.8. The van der Waals surface area contributed by atoms with Crippen molar-refractivity contribution in [3.05, 3.63) is 134 Å². The van der Waals surface area contributed by atoms with Crippen LogP contribution in [0.5, 0.6) is 0 Å². The molecule has 0 aliphatic carbocycles. The third kappa shape index (κ3) is 65.0. The molecule has 0 spiro atoms. The lowest BCUT2D eigenvalue weighted by molar-refractivity contribution is -0.161. The molecule has 0 aromatic heterocycles. The van der Waals surface area contributed by atoms with Gasteiger partial charge >= 0.3 is 33.6 Å². The number of phosphoric ester groups is 2. The van der Waals surface area contributed by atoms with E-state index >= 15 is 0 Å². The van der Waals surface area contributed by atoms with E-state index in [4.69, 9.17) is 32.3 Å². The van der Waals surface area contributed by atoms with E-state index in [-0.39, 0.29) is 19.3 Å². The molecule has 4 N–H and O–H groups in total. The Labute approximate surface area is 537 Å². The summed E-state index contributed by atoms with van der Waals surface area (Å²) >= 11 is 0. The zero-order chi connectivity index (χ0) is 65.3. The van der Waals surface area contributed by atoms with Crippen LogP contribution in [0.1, 0.15) is 239 Å². The minimum absolute atomic E-state index is 0.0825. The van der Waals surface area contributed by atoms with Gasteiger partial charge in [0.2, 0.25) is 0 Å². The molecule has 89 heavy (non-hydrogen) atoms. The van der Waals surface area contributed by atoms with E-state index in [1.54, 1.807) is 0 Å². The SMILES string of the molecule is CC/C=C\C/C=C\C/C=C\C/C=C\C/C=C\CCCCCCCCCC(=O)OCC(O)COP(=O)(O)OCC(O)COP(=O)(O)OCC(COC(=O)CCCCC/C=C\C/C=C\C/C=C\C/C=C\C/C=C\CC)OC(=O)CCCCCCC/C=C\CCCC. The normalized spacial score (nSPS) is 15.1. The molecule has 18 heteroatoms. The summed E-state index contributed by atoms with van der Waals surface area (Å²) in [5.41, 5.74) is 0. The molecule has 0 aliphatic heterocycles. The summed E-state index contributed by atoms with van der Waals surface area (Å²) < 4.78 is 60.7. The number of carbonyl (C=O) groups excluding carboxylic acids is 3. The standard InChI is InChI=1S/C71H118O16P2/c1-4-7-10-13-16-19-22-24-26-28-30-31-32-33-35-37-38-40-43-45-48-51-54-57-69(74)81-60-66(72)61-83-88(77,78)84-62-67(73)63-85-89(79,80)86-65-68(87-71(76)59-56-53-50-47-42-21-18-15-12-9-6-3)64-82-70(75)58-55-52-49-46-44-41-39-36-34-29-27-25-23-20-17-14-11-8-5-2/h7-8,10-11,15-20,24-27,30-31,33-36,41,44,66-68,72-73H,4-6,9,12-14,21-23,28-29,32,37-40,42-43,45-65H2,1-3H3,(H,77,78)(H,79,80)/b10-7-,11-8-,18-15-,19-16-,20-17-,26-24-,27-25-,31-30-,35-33-,36-34-,44-41-. The number of rotatable bonds is 62. The molecule has 0 saturated carbocycles. The molecule has 5 atom stereocenters. The van der Waals surface area contributed by atoms with Gasteiger partial charge in [0.05, 0.1) is 26.4 Å². The van der Waals surface area contributed by atoms with E-state index in [1.807, 2.05) is 0 Å². The third-order valence-electron chi connectivity index (χ3n) is 13.3. The molecule has 508 valence electrons. The highest BCUT2D eigenvalue weighted by molar-refractivity contribution is 7.47. The molecule has 5 unspecified atom stereocenters. The molecule has 0 radical (unpaired) electrons. The van der Waals surface area contributed by atoms with Crippen molar-refractivity contribution in [1.29, 1.82) is 0 Å². The molecular formula is C71H118O16P2. The van der Waals surface area contributed by atoms with E-state index in [0.717, 1.165) is 167 Å². The number of ether oxygens (including phenoxy) is 3. The first-order valence-electron chi connectivity index (χ1n) is 33.5. The van der Waals surface area contributed by atoms with E-state index < -0.39 is 91.5 Å². The van der Waals surface area contributed by atoms with Crippen molar-refractivity contribution >= 4 is 33.6 Å². The highest BCUT2D eigenvalue weighted by Crippen LogP contribution is 2.45. The molecule has 0 aromatic rings. The lowest BCUT2D eigenvalue weighted by Gasteiger charge is -2.21. The van der Waals surface area contributed by atoms with Crippen LogP contribution in [0.25, 0.3) is 0 Å². The fourth-order valence-corrected chi connectivity index (χ4v) is 9.83. The Bertz CT molecular complexity index is 2160. The first kappa shape index (κ1) is 84.7. The maximum absolute atomic E-state index is 12.9. The summed E-state index contributed by atoms with van der Waals surface area (Å²) in [6.07, 6.45) is 73.7. The van der Waals surface area contributed by atoms with Crippen LogP contribution in [0, 0.1) is 0 Å². The number of esters is 3. The summed E-state index contributed by atoms with van der Waals surface area (Å²) in [6, 6.07) is 0. The van der Waals surface area contributed by atoms with Crippen molar-refractivity contribution in [2.75, 3.05) is 39.6 Å². The Balaban J connectivity index is 4.61. The monoisotopic (exact) mass is 1290 g/mol. The van der Waals surface area contributed by atoms with Gasteiger partial charge in [-0.15, -0.1) is 0 Å². The smallest absolute Gasteiger partial charge is 0.463 e. The third-order valence-corrected chi connectivity index (χ3v) is 15.2. The van der Waals surface area contributed by atoms with Crippen LogP contribution in [-0.4, -0.2) is 95.9 Å². The number of unbranched alkanes of at least 4 members (excludes halogenated alkanes) is 17. The number of hydrogen-bond donors (Lipinski definition) is 4. The number of phosphoric acid groups is 2. The molecule has 0 rings (SSSR count). The van der Waals surface area contributed by atoms with Crippen LogP contribution in [0.2, 0.25) is 0 Å². The molecule has 0 saturated heterocycles. The number of hydrogen-bond acceptors (Lipinski definition) is 14. The van der Waals surface area contributed by atoms with Crippen molar-refractivity contribution in [3.8, 4) is 0 Å².